The van der Waals surface area contributed by atoms with Crippen LogP contribution < -0.4 is 10.6 Å². The zero-order valence-electron chi connectivity index (χ0n) is 18.5. The summed E-state index contributed by atoms with van der Waals surface area (Å²) in [4.78, 5) is 40.0. The number of hydrogen-bond acceptors (Lipinski definition) is 7. The van der Waals surface area contributed by atoms with Crippen molar-refractivity contribution in [1.29, 1.82) is 0 Å². The molecule has 0 fully saturated rings. The van der Waals surface area contributed by atoms with Crippen LogP contribution in [0.1, 0.15) is 42.4 Å². The Labute approximate surface area is 196 Å². The molecule has 0 saturated heterocycles. The van der Waals surface area contributed by atoms with E-state index in [2.05, 4.69) is 22.3 Å². The number of carbonyl (C=O) groups excluding carboxylic acids is 3. The first-order chi connectivity index (χ1) is 15.5. The summed E-state index contributed by atoms with van der Waals surface area (Å²) in [5.74, 6) is -0.390. The predicted octanol–water partition coefficient (Wildman–Crippen LogP) is 4.37. The molecule has 0 aliphatic carbocycles. The molecule has 0 radical (unpaired) electrons. The first-order valence-corrected chi connectivity index (χ1v) is 12.3. The average molecular weight is 482 g/mol. The fourth-order valence-corrected chi connectivity index (χ4v) is 4.33. The smallest absolute Gasteiger partial charge is 0.410 e. The molecular formula is C22H31N3O5S2. The molecule has 0 aliphatic rings. The van der Waals surface area contributed by atoms with Gasteiger partial charge in [-0.15, -0.1) is 22.7 Å². The molecule has 2 aromatic heterocycles. The van der Waals surface area contributed by atoms with Gasteiger partial charge in [0.2, 0.25) is 0 Å². The van der Waals surface area contributed by atoms with E-state index < -0.39 is 18.1 Å². The summed E-state index contributed by atoms with van der Waals surface area (Å²) in [5, 5.41) is 9.42. The molecule has 0 aliphatic heterocycles. The molecular weight excluding hydrogens is 450 g/mol. The van der Waals surface area contributed by atoms with Crippen molar-refractivity contribution in [2.45, 2.75) is 51.7 Å². The van der Waals surface area contributed by atoms with Gasteiger partial charge in [-0.25, -0.2) is 9.59 Å². The van der Waals surface area contributed by atoms with Crippen molar-refractivity contribution >= 4 is 40.8 Å². The van der Waals surface area contributed by atoms with Crippen LogP contribution in [-0.4, -0.2) is 49.3 Å². The minimum Gasteiger partial charge on any atom is -0.469 e. The lowest BCUT2D eigenvalue weighted by Crippen LogP contribution is -2.45. The van der Waals surface area contributed by atoms with Gasteiger partial charge in [0.25, 0.3) is 0 Å². The zero-order chi connectivity index (χ0) is 23.2. The number of unbranched alkanes of at least 4 members (excludes halogenated alkanes) is 1. The van der Waals surface area contributed by atoms with E-state index in [4.69, 9.17) is 4.74 Å². The van der Waals surface area contributed by atoms with Crippen LogP contribution in [0.4, 0.5) is 9.59 Å². The van der Waals surface area contributed by atoms with Crippen LogP contribution in [-0.2, 0) is 27.4 Å². The van der Waals surface area contributed by atoms with Crippen LogP contribution in [0.2, 0.25) is 0 Å². The summed E-state index contributed by atoms with van der Waals surface area (Å²) in [6.45, 7) is 3.25. The minimum atomic E-state index is -0.416. The normalized spacial score (nSPS) is 11.4. The number of hydrogen-bond donors (Lipinski definition) is 2. The lowest BCUT2D eigenvalue weighted by molar-refractivity contribution is -0.140. The average Bonchev–Trinajstić information content (AvgIpc) is 3.49. The van der Waals surface area contributed by atoms with Gasteiger partial charge in [-0.05, 0) is 29.3 Å². The van der Waals surface area contributed by atoms with E-state index in [1.54, 1.807) is 27.6 Å². The molecule has 0 saturated carbocycles. The summed E-state index contributed by atoms with van der Waals surface area (Å²) >= 11 is 3.18. The van der Waals surface area contributed by atoms with E-state index in [0.717, 1.165) is 22.6 Å². The Bertz CT molecular complexity index is 775. The Morgan fingerprint density at radius 1 is 1.09 bits per heavy atom. The Morgan fingerprint density at radius 3 is 2.28 bits per heavy atom. The first-order valence-electron chi connectivity index (χ1n) is 10.6. The molecule has 32 heavy (non-hydrogen) atoms. The van der Waals surface area contributed by atoms with Crippen molar-refractivity contribution in [2.24, 2.45) is 0 Å². The lowest BCUT2D eigenvalue weighted by Gasteiger charge is -2.24. The monoisotopic (exact) mass is 481 g/mol. The van der Waals surface area contributed by atoms with Gasteiger partial charge < -0.3 is 20.1 Å². The fourth-order valence-electron chi connectivity index (χ4n) is 2.89. The molecule has 176 valence electrons. The summed E-state index contributed by atoms with van der Waals surface area (Å²) < 4.78 is 10.2. The number of amides is 3. The second kappa shape index (κ2) is 14.5. The molecule has 2 N–H and O–H groups in total. The van der Waals surface area contributed by atoms with E-state index in [-0.39, 0.29) is 25.6 Å². The van der Waals surface area contributed by atoms with Crippen LogP contribution in [0.5, 0.6) is 0 Å². The van der Waals surface area contributed by atoms with E-state index >= 15 is 0 Å². The highest BCUT2D eigenvalue weighted by Crippen LogP contribution is 2.18. The van der Waals surface area contributed by atoms with Gasteiger partial charge in [-0.1, -0.05) is 31.9 Å². The topological polar surface area (TPSA) is 97.0 Å². The number of esters is 1. The van der Waals surface area contributed by atoms with Crippen molar-refractivity contribution in [3.63, 3.8) is 0 Å². The fraction of sp³-hybridized carbons (Fsp3) is 0.500. The molecule has 2 aromatic rings. The molecule has 0 aromatic carbocycles. The Morgan fingerprint density at radius 2 is 1.75 bits per heavy atom. The summed E-state index contributed by atoms with van der Waals surface area (Å²) in [5.41, 5.74) is 0. The summed E-state index contributed by atoms with van der Waals surface area (Å²) in [7, 11) is 1.30. The second-order valence-corrected chi connectivity index (χ2v) is 9.22. The van der Waals surface area contributed by atoms with E-state index in [0.29, 0.717) is 19.5 Å². The van der Waals surface area contributed by atoms with E-state index in [1.807, 2.05) is 35.0 Å². The quantitative estimate of drug-likeness (QED) is 0.414. The largest absolute Gasteiger partial charge is 0.469 e. The summed E-state index contributed by atoms with van der Waals surface area (Å²) in [6, 6.07) is 7.17. The highest BCUT2D eigenvalue weighted by molar-refractivity contribution is 7.10. The first kappa shape index (κ1) is 25.7. The standard InChI is InChI=1S/C22H31N3O5S2/c1-3-4-7-17(24-21(27)23-11-10-20(26)29-2)16-30-22(28)25(14-18-8-5-12-31-18)15-19-9-6-13-32-19/h5-6,8-9,12-13,17H,3-4,7,10-11,14-16H2,1-2H3,(H2,23,24,27). The number of carbonyl (C=O) groups is 3. The van der Waals surface area contributed by atoms with Crippen LogP contribution in [0.25, 0.3) is 0 Å². The van der Waals surface area contributed by atoms with Gasteiger partial charge in [0.1, 0.15) is 6.61 Å². The van der Waals surface area contributed by atoms with Gasteiger partial charge in [-0.2, -0.15) is 0 Å². The Balaban J connectivity index is 1.90. The SMILES string of the molecule is CCCCC(COC(=O)N(Cc1cccs1)Cc1cccs1)NC(=O)NCCC(=O)OC. The third-order valence-electron chi connectivity index (χ3n) is 4.60. The minimum absolute atomic E-state index is 0.0780. The Kier molecular flexibility index (Phi) is 11.6. The molecule has 1 unspecified atom stereocenters. The third kappa shape index (κ3) is 9.69. The Hall–Kier alpha value is -2.59. The molecule has 2 rings (SSSR count). The van der Waals surface area contributed by atoms with Crippen molar-refractivity contribution in [1.82, 2.24) is 15.5 Å². The highest BCUT2D eigenvalue weighted by atomic mass is 32.1. The van der Waals surface area contributed by atoms with E-state index in [1.165, 1.54) is 7.11 Å². The predicted molar refractivity (Wildman–Crippen MR) is 126 cm³/mol. The summed E-state index contributed by atoms with van der Waals surface area (Å²) in [6.07, 6.45) is 2.21. The van der Waals surface area contributed by atoms with Gasteiger partial charge in [0.05, 0.1) is 32.7 Å². The van der Waals surface area contributed by atoms with Gasteiger partial charge >= 0.3 is 18.1 Å². The van der Waals surface area contributed by atoms with Crippen LogP contribution >= 0.6 is 22.7 Å². The molecule has 3 amide bonds. The molecule has 1 atom stereocenters. The van der Waals surface area contributed by atoms with Crippen molar-refractivity contribution in [3.05, 3.63) is 44.8 Å². The van der Waals surface area contributed by atoms with Gasteiger partial charge in [-0.3, -0.25) is 9.69 Å². The number of thiophene rings is 2. The highest BCUT2D eigenvalue weighted by Gasteiger charge is 2.20. The number of nitrogens with zero attached hydrogens (tertiary/aromatic N) is 1. The second-order valence-electron chi connectivity index (χ2n) is 7.16. The molecule has 0 spiro atoms. The zero-order valence-corrected chi connectivity index (χ0v) is 20.1. The molecule has 8 nitrogen and oxygen atoms in total. The number of ether oxygens (including phenoxy) is 2. The van der Waals surface area contributed by atoms with Crippen LogP contribution in [0.3, 0.4) is 0 Å². The van der Waals surface area contributed by atoms with Crippen LogP contribution in [0, 0.1) is 0 Å². The van der Waals surface area contributed by atoms with Gasteiger partial charge in [0.15, 0.2) is 0 Å². The number of nitrogens with one attached hydrogen (secondary N) is 2. The number of rotatable bonds is 13. The van der Waals surface area contributed by atoms with Crippen molar-refractivity contribution in [2.75, 3.05) is 20.3 Å². The molecule has 0 bridgehead atoms. The van der Waals surface area contributed by atoms with Gasteiger partial charge in [0, 0.05) is 16.3 Å². The molecule has 10 heteroatoms. The maximum atomic E-state index is 12.9. The van der Waals surface area contributed by atoms with Crippen molar-refractivity contribution < 1.29 is 23.9 Å². The maximum Gasteiger partial charge on any atom is 0.410 e. The number of urea groups is 1. The number of methoxy groups -OCH3 is 1. The van der Waals surface area contributed by atoms with Crippen LogP contribution in [0.15, 0.2) is 35.0 Å². The van der Waals surface area contributed by atoms with E-state index in [9.17, 15) is 14.4 Å². The maximum absolute atomic E-state index is 12.9. The lowest BCUT2D eigenvalue weighted by atomic mass is 10.1. The molecule has 2 heterocycles. The third-order valence-corrected chi connectivity index (χ3v) is 6.33. The van der Waals surface area contributed by atoms with Crippen molar-refractivity contribution in [3.8, 4) is 0 Å².